The molecule has 2 N–H and O–H groups in total. The van der Waals surface area contributed by atoms with Gasteiger partial charge < -0.3 is 15.2 Å². The fraction of sp³-hybridized carbons (Fsp3) is 0.462. The van der Waals surface area contributed by atoms with Gasteiger partial charge in [0.15, 0.2) is 0 Å². The Labute approximate surface area is 127 Å². The molecule has 23 heavy (non-hydrogen) atoms. The highest BCUT2D eigenvalue weighted by Gasteiger charge is 2.48. The Bertz CT molecular complexity index is 552. The minimum Gasteiger partial charge on any atom is -0.462 e. The first-order valence-corrected chi connectivity index (χ1v) is 6.28. The molecule has 0 bridgehead atoms. The Morgan fingerprint density at radius 3 is 2.39 bits per heavy atom. The van der Waals surface area contributed by atoms with E-state index in [2.05, 4.69) is 9.47 Å². The highest BCUT2D eigenvalue weighted by atomic mass is 19.3. The summed E-state index contributed by atoms with van der Waals surface area (Å²) in [6, 6.07) is 1.24. The lowest BCUT2D eigenvalue weighted by molar-refractivity contribution is -0.253. The maximum absolute atomic E-state index is 13.8. The van der Waals surface area contributed by atoms with Gasteiger partial charge in [-0.1, -0.05) is 12.1 Å². The van der Waals surface area contributed by atoms with Gasteiger partial charge >= 0.3 is 24.4 Å². The maximum atomic E-state index is 13.8. The number of benzene rings is 1. The minimum atomic E-state index is -4.80. The molecule has 130 valence electrons. The van der Waals surface area contributed by atoms with Gasteiger partial charge in [0, 0.05) is 0 Å². The summed E-state index contributed by atoms with van der Waals surface area (Å²) in [5.74, 6) is -6.83. The first-order valence-electron chi connectivity index (χ1n) is 6.28. The number of ether oxygens (including phenoxy) is 2. The van der Waals surface area contributed by atoms with Crippen molar-refractivity contribution in [2.75, 3.05) is 6.61 Å². The van der Waals surface area contributed by atoms with Gasteiger partial charge in [-0.25, -0.2) is 4.79 Å². The lowest BCUT2D eigenvalue weighted by atomic mass is 10.0. The van der Waals surface area contributed by atoms with Gasteiger partial charge in [0.2, 0.25) is 0 Å². The molecule has 0 aromatic heterocycles. The van der Waals surface area contributed by atoms with Crippen molar-refractivity contribution in [2.45, 2.75) is 31.4 Å². The SMILES string of the molecule is CCOC(=O)C(F)(F)[C@H](N)c1cccc(OC(F)(F)C(F)F)c1. The van der Waals surface area contributed by atoms with Crippen molar-refractivity contribution >= 4 is 5.97 Å². The number of hydrogen-bond acceptors (Lipinski definition) is 4. The molecular weight excluding hydrogens is 332 g/mol. The van der Waals surface area contributed by atoms with Crippen LogP contribution in [0.4, 0.5) is 26.3 Å². The van der Waals surface area contributed by atoms with Crippen molar-refractivity contribution in [3.05, 3.63) is 29.8 Å². The van der Waals surface area contributed by atoms with Crippen LogP contribution in [0.2, 0.25) is 0 Å². The van der Waals surface area contributed by atoms with Crippen molar-refractivity contribution in [2.24, 2.45) is 5.73 Å². The van der Waals surface area contributed by atoms with E-state index in [-0.39, 0.29) is 6.61 Å². The summed E-state index contributed by atoms with van der Waals surface area (Å²) in [4.78, 5) is 11.2. The number of hydrogen-bond donors (Lipinski definition) is 1. The van der Waals surface area contributed by atoms with Crippen LogP contribution in [0, 0.1) is 0 Å². The van der Waals surface area contributed by atoms with Crippen LogP contribution < -0.4 is 10.5 Å². The number of halogens is 6. The summed E-state index contributed by atoms with van der Waals surface area (Å²) in [7, 11) is 0. The number of esters is 1. The van der Waals surface area contributed by atoms with E-state index in [9.17, 15) is 31.1 Å². The maximum Gasteiger partial charge on any atom is 0.461 e. The molecule has 0 spiro atoms. The van der Waals surface area contributed by atoms with Crippen molar-refractivity contribution in [3.63, 3.8) is 0 Å². The zero-order valence-corrected chi connectivity index (χ0v) is 11.7. The molecule has 0 saturated carbocycles. The van der Waals surface area contributed by atoms with Crippen molar-refractivity contribution < 1.29 is 40.6 Å². The number of carbonyl (C=O) groups excluding carboxylic acids is 1. The Morgan fingerprint density at radius 2 is 1.87 bits per heavy atom. The fourth-order valence-corrected chi connectivity index (χ4v) is 1.54. The summed E-state index contributed by atoms with van der Waals surface area (Å²) in [5, 5.41) is 0. The van der Waals surface area contributed by atoms with Gasteiger partial charge in [0.1, 0.15) is 11.8 Å². The second kappa shape index (κ2) is 7.07. The smallest absolute Gasteiger partial charge is 0.461 e. The molecule has 0 saturated heterocycles. The Kier molecular flexibility index (Phi) is 5.86. The number of carbonyl (C=O) groups is 1. The summed E-state index contributed by atoms with van der Waals surface area (Å²) in [6.45, 7) is 0.991. The molecule has 0 amide bonds. The van der Waals surface area contributed by atoms with E-state index in [1.807, 2.05) is 0 Å². The van der Waals surface area contributed by atoms with E-state index in [1.54, 1.807) is 0 Å². The third-order valence-electron chi connectivity index (χ3n) is 2.66. The van der Waals surface area contributed by atoms with E-state index in [0.717, 1.165) is 18.2 Å². The van der Waals surface area contributed by atoms with Gasteiger partial charge in [0.25, 0.3) is 0 Å². The zero-order chi connectivity index (χ0) is 17.8. The van der Waals surface area contributed by atoms with Crippen LogP contribution in [-0.2, 0) is 9.53 Å². The van der Waals surface area contributed by atoms with Gasteiger partial charge in [-0.3, -0.25) is 0 Å². The molecule has 1 atom stereocenters. The molecule has 0 aliphatic rings. The first kappa shape index (κ1) is 19.1. The van der Waals surface area contributed by atoms with Gasteiger partial charge in [-0.15, -0.1) is 0 Å². The molecule has 10 heteroatoms. The molecule has 1 aromatic carbocycles. The fourth-order valence-electron chi connectivity index (χ4n) is 1.54. The lowest BCUT2D eigenvalue weighted by Crippen LogP contribution is -2.41. The molecule has 4 nitrogen and oxygen atoms in total. The zero-order valence-electron chi connectivity index (χ0n) is 11.7. The average Bonchev–Trinajstić information content (AvgIpc) is 2.46. The number of alkyl halides is 6. The Hall–Kier alpha value is -1.97. The van der Waals surface area contributed by atoms with Gasteiger partial charge in [-0.05, 0) is 24.6 Å². The molecule has 0 fully saturated rings. The van der Waals surface area contributed by atoms with Crippen LogP contribution in [0.3, 0.4) is 0 Å². The van der Waals surface area contributed by atoms with Crippen LogP contribution in [0.25, 0.3) is 0 Å². The molecule has 0 radical (unpaired) electrons. The summed E-state index contributed by atoms with van der Waals surface area (Å²) >= 11 is 0. The van der Waals surface area contributed by atoms with Crippen LogP contribution in [0.1, 0.15) is 18.5 Å². The van der Waals surface area contributed by atoms with Crippen molar-refractivity contribution in [1.82, 2.24) is 0 Å². The van der Waals surface area contributed by atoms with Crippen LogP contribution in [0.5, 0.6) is 5.75 Å². The number of rotatable bonds is 7. The quantitative estimate of drug-likeness (QED) is 0.609. The Morgan fingerprint density at radius 1 is 1.26 bits per heavy atom. The van der Waals surface area contributed by atoms with Gasteiger partial charge in [-0.2, -0.15) is 26.3 Å². The predicted octanol–water partition coefficient (Wildman–Crippen LogP) is 3.12. The van der Waals surface area contributed by atoms with E-state index >= 15 is 0 Å². The minimum absolute atomic E-state index is 0.315. The third kappa shape index (κ3) is 4.50. The highest BCUT2D eigenvalue weighted by Crippen LogP contribution is 2.34. The molecule has 0 unspecified atom stereocenters. The topological polar surface area (TPSA) is 61.5 Å². The highest BCUT2D eigenvalue weighted by molar-refractivity contribution is 5.78. The van der Waals surface area contributed by atoms with Crippen molar-refractivity contribution in [1.29, 1.82) is 0 Å². The normalized spacial score (nSPS) is 13.8. The molecule has 0 heterocycles. The first-order chi connectivity index (χ1) is 10.5. The Balaban J connectivity index is 3.02. The molecular formula is C13H13F6NO3. The third-order valence-corrected chi connectivity index (χ3v) is 2.66. The van der Waals surface area contributed by atoms with E-state index in [1.165, 1.54) is 6.92 Å². The van der Waals surface area contributed by atoms with Crippen LogP contribution >= 0.6 is 0 Å². The second-order valence-corrected chi connectivity index (χ2v) is 4.36. The monoisotopic (exact) mass is 345 g/mol. The van der Waals surface area contributed by atoms with E-state index < -0.39 is 41.8 Å². The second-order valence-electron chi connectivity index (χ2n) is 4.36. The summed E-state index contributed by atoms with van der Waals surface area (Å²) in [5.41, 5.74) is 4.79. The largest absolute Gasteiger partial charge is 0.462 e. The summed E-state index contributed by atoms with van der Waals surface area (Å²) < 4.78 is 85.2. The van der Waals surface area contributed by atoms with Crippen LogP contribution in [-0.4, -0.2) is 31.0 Å². The molecule has 1 aromatic rings. The van der Waals surface area contributed by atoms with Gasteiger partial charge in [0.05, 0.1) is 6.61 Å². The summed E-state index contributed by atoms with van der Waals surface area (Å²) in [6.07, 6.45) is -8.91. The van der Waals surface area contributed by atoms with Crippen molar-refractivity contribution in [3.8, 4) is 5.75 Å². The molecule has 0 aliphatic carbocycles. The average molecular weight is 345 g/mol. The van der Waals surface area contributed by atoms with Crippen LogP contribution in [0.15, 0.2) is 24.3 Å². The predicted molar refractivity (Wildman–Crippen MR) is 66.5 cm³/mol. The lowest BCUT2D eigenvalue weighted by Gasteiger charge is -2.23. The standard InChI is InChI=1S/C13H13F6NO3/c1-2-22-11(21)12(16,17)9(20)7-4-3-5-8(6-7)23-13(18,19)10(14)15/h3-6,9-10H,2,20H2,1H3/t9-/m1/s1. The molecule has 0 aliphatic heterocycles. The molecule has 1 rings (SSSR count). The van der Waals surface area contributed by atoms with E-state index in [4.69, 9.17) is 5.73 Å². The van der Waals surface area contributed by atoms with E-state index in [0.29, 0.717) is 6.07 Å². The number of nitrogens with two attached hydrogens (primary N) is 1.